The average molecular weight is 943 g/mol. The molecule has 8 rings (SSSR count). The predicted molar refractivity (Wildman–Crippen MR) is 228 cm³/mol. The molecule has 2 atom stereocenters. The molecule has 3 aromatic carbocycles. The predicted octanol–water partition coefficient (Wildman–Crippen LogP) is 10.8. The Kier molecular flexibility index (Phi) is 17.8. The summed E-state index contributed by atoms with van der Waals surface area (Å²) in [5.74, 6) is -10.5. The molecule has 3 aromatic heterocycles. The number of alkyl halides is 4. The average Bonchev–Trinajstić information content (AvgIpc) is 3.26. The number of pyridine rings is 3. The van der Waals surface area contributed by atoms with Crippen molar-refractivity contribution >= 4 is 31.8 Å². The number of nitrogens with zero attached hydrogens (tertiary/aromatic N) is 1. The maximum absolute atomic E-state index is 13.6. The molecule has 65 heavy (non-hydrogen) atoms. The Morgan fingerprint density at radius 2 is 1.15 bits per heavy atom. The first-order valence-electron chi connectivity index (χ1n) is 20.2. The van der Waals surface area contributed by atoms with Crippen LogP contribution in [0.4, 0.5) is 39.5 Å². The molecule has 0 radical (unpaired) electrons. The summed E-state index contributed by atoms with van der Waals surface area (Å²) >= 11 is 0. The van der Waals surface area contributed by atoms with Gasteiger partial charge in [-0.25, -0.2) is 49.3 Å². The van der Waals surface area contributed by atoms with Gasteiger partial charge in [-0.3, -0.25) is 9.59 Å². The molecule has 0 spiro atoms. The van der Waals surface area contributed by atoms with Crippen LogP contribution in [0.2, 0.25) is 0 Å². The SMILES string of the molecule is CC.COc1cccc(F)c1F.COc1cccc(F)c1F.NS(=O)(=O)c1nccc2[nH]c([C@H]3CCCC(F)(F)C3)cc(=O)c12.O=c1cc([C@H]2CCCC(F)(F)C2)[nH]c2ccc(F)cc12. The van der Waals surface area contributed by atoms with Crippen LogP contribution in [-0.4, -0.2) is 49.4 Å². The van der Waals surface area contributed by atoms with Crippen LogP contribution < -0.4 is 25.5 Å². The molecule has 3 heterocycles. The molecule has 10 nitrogen and oxygen atoms in total. The number of aromatic nitrogens is 3. The fourth-order valence-corrected chi connectivity index (χ4v) is 7.95. The summed E-state index contributed by atoms with van der Waals surface area (Å²) in [6.07, 6.45) is 2.39. The Hall–Kier alpha value is -5.89. The minimum absolute atomic E-state index is 0.0694. The highest BCUT2D eigenvalue weighted by atomic mass is 32.2. The van der Waals surface area contributed by atoms with Crippen molar-refractivity contribution in [1.29, 1.82) is 0 Å². The van der Waals surface area contributed by atoms with Crippen molar-refractivity contribution in [2.24, 2.45) is 5.14 Å². The Labute approximate surface area is 368 Å². The molecule has 6 aromatic rings. The molecular formula is C45H47F9N4O6S. The number of aromatic amines is 2. The normalized spacial score (nSPS) is 17.4. The monoisotopic (exact) mass is 942 g/mol. The molecule has 2 aliphatic rings. The Balaban J connectivity index is 0.000000199. The maximum Gasteiger partial charge on any atom is 0.256 e. The van der Waals surface area contributed by atoms with Crippen LogP contribution in [0, 0.1) is 29.1 Å². The van der Waals surface area contributed by atoms with Crippen LogP contribution in [0.15, 0.2) is 93.6 Å². The van der Waals surface area contributed by atoms with Crippen molar-refractivity contribution in [3.63, 3.8) is 0 Å². The lowest BCUT2D eigenvalue weighted by Gasteiger charge is -2.29. The number of methoxy groups -OCH3 is 2. The number of hydrogen-bond acceptors (Lipinski definition) is 7. The molecule has 2 saturated carbocycles. The topological polar surface area (TPSA) is 157 Å². The van der Waals surface area contributed by atoms with Gasteiger partial charge in [-0.15, -0.1) is 0 Å². The Morgan fingerprint density at radius 3 is 1.60 bits per heavy atom. The van der Waals surface area contributed by atoms with Crippen LogP contribution in [0.5, 0.6) is 11.5 Å². The van der Waals surface area contributed by atoms with Gasteiger partial charge >= 0.3 is 0 Å². The third-order valence-corrected chi connectivity index (χ3v) is 11.1. The quantitative estimate of drug-likeness (QED) is 0.145. The number of benzene rings is 3. The molecular weight excluding hydrogens is 896 g/mol. The first kappa shape index (κ1) is 51.7. The number of sulfonamides is 1. The molecule has 20 heteroatoms. The van der Waals surface area contributed by atoms with E-state index < -0.39 is 67.3 Å². The van der Waals surface area contributed by atoms with Gasteiger partial charge in [-0.05, 0) is 74.2 Å². The first-order chi connectivity index (χ1) is 30.6. The number of fused-ring (bicyclic) bond motifs is 2. The largest absolute Gasteiger partial charge is 0.494 e. The van der Waals surface area contributed by atoms with Crippen LogP contribution in [-0.2, 0) is 10.0 Å². The summed E-state index contributed by atoms with van der Waals surface area (Å²) in [5, 5.41) is 4.64. The summed E-state index contributed by atoms with van der Waals surface area (Å²) < 4.78 is 149. The zero-order valence-electron chi connectivity index (χ0n) is 35.6. The molecule has 4 N–H and O–H groups in total. The van der Waals surface area contributed by atoms with Gasteiger partial charge in [0.2, 0.25) is 23.5 Å². The van der Waals surface area contributed by atoms with Gasteiger partial charge in [0.25, 0.3) is 10.0 Å². The van der Waals surface area contributed by atoms with E-state index in [-0.39, 0.29) is 64.8 Å². The number of primary sulfonamides is 1. The number of H-pyrrole nitrogens is 2. The minimum atomic E-state index is -4.16. The van der Waals surface area contributed by atoms with E-state index >= 15 is 0 Å². The third-order valence-electron chi connectivity index (χ3n) is 10.2. The Morgan fingerprint density at radius 1 is 0.677 bits per heavy atom. The standard InChI is InChI=1S/C15H14F3NO.C14H15F2N3O3S.2C7H6F2O.C2H6/c16-10-3-4-12-11(6-10)14(20)7-13(19-12)9-2-1-5-15(17,18)8-9;15-14(16)4-1-2-8(7-14)10-6-11(20)12-9(19-10)3-5-18-13(12)23(17,21)22;2*1-10-6-4-2-3-5(8)7(6)9;1-2/h3-4,6-7,9H,1-2,5,8H2,(H,19,20);3,5-6,8H,1-2,4,7H2,(H,19,20)(H2,17,21,22);2*2-4H,1H3;1-2H3/t9-;8-;;;/m00.../s1. The molecule has 0 unspecified atom stereocenters. The molecule has 0 aliphatic heterocycles. The summed E-state index contributed by atoms with van der Waals surface area (Å²) in [6.45, 7) is 4.00. The highest BCUT2D eigenvalue weighted by Gasteiger charge is 2.38. The number of hydrogen-bond donors (Lipinski definition) is 3. The van der Waals surface area contributed by atoms with E-state index in [0.29, 0.717) is 42.6 Å². The van der Waals surface area contributed by atoms with Crippen molar-refractivity contribution in [3.8, 4) is 11.5 Å². The van der Waals surface area contributed by atoms with E-state index in [1.807, 2.05) is 13.8 Å². The number of nitrogens with two attached hydrogens (primary N) is 1. The van der Waals surface area contributed by atoms with E-state index in [0.717, 1.165) is 18.2 Å². The van der Waals surface area contributed by atoms with Gasteiger partial charge in [-0.1, -0.05) is 26.0 Å². The lowest BCUT2D eigenvalue weighted by molar-refractivity contribution is -0.0418. The van der Waals surface area contributed by atoms with Gasteiger partial charge in [0.05, 0.1) is 25.1 Å². The van der Waals surface area contributed by atoms with Crippen molar-refractivity contribution in [2.45, 2.75) is 93.9 Å². The van der Waals surface area contributed by atoms with Crippen molar-refractivity contribution in [2.75, 3.05) is 14.2 Å². The second-order valence-corrected chi connectivity index (χ2v) is 16.2. The summed E-state index contributed by atoms with van der Waals surface area (Å²) in [4.78, 5) is 33.8. The second-order valence-electron chi connectivity index (χ2n) is 14.8. The zero-order valence-corrected chi connectivity index (χ0v) is 36.4. The number of nitrogens with one attached hydrogen (secondary N) is 2. The lowest BCUT2D eigenvalue weighted by Crippen LogP contribution is -2.26. The van der Waals surface area contributed by atoms with Crippen molar-refractivity contribution in [1.82, 2.24) is 15.0 Å². The van der Waals surface area contributed by atoms with E-state index in [1.54, 1.807) is 0 Å². The van der Waals surface area contributed by atoms with Crippen molar-refractivity contribution in [3.05, 3.63) is 140 Å². The number of halogens is 9. The minimum Gasteiger partial charge on any atom is -0.494 e. The van der Waals surface area contributed by atoms with Gasteiger partial charge in [0, 0.05) is 78.1 Å². The fourth-order valence-electron chi connectivity index (χ4n) is 7.24. The second kappa shape index (κ2) is 22.3. The van der Waals surface area contributed by atoms with Gasteiger partial charge in [0.1, 0.15) is 5.82 Å². The van der Waals surface area contributed by atoms with Crippen LogP contribution >= 0.6 is 0 Å². The van der Waals surface area contributed by atoms with E-state index in [4.69, 9.17) is 5.14 Å². The summed E-state index contributed by atoms with van der Waals surface area (Å²) in [7, 11) is -1.58. The third kappa shape index (κ3) is 13.8. The molecule has 352 valence electrons. The van der Waals surface area contributed by atoms with E-state index in [1.165, 1.54) is 75.0 Å². The molecule has 2 fully saturated rings. The lowest BCUT2D eigenvalue weighted by atomic mass is 9.84. The Bertz CT molecular complexity index is 2760. The summed E-state index contributed by atoms with van der Waals surface area (Å²) in [6, 6.07) is 15.4. The number of rotatable bonds is 5. The zero-order chi connectivity index (χ0) is 48.3. The van der Waals surface area contributed by atoms with E-state index in [2.05, 4.69) is 24.4 Å². The molecule has 0 bridgehead atoms. The van der Waals surface area contributed by atoms with Gasteiger partial charge < -0.3 is 19.4 Å². The maximum atomic E-state index is 13.6. The highest BCUT2D eigenvalue weighted by Crippen LogP contribution is 2.42. The van der Waals surface area contributed by atoms with E-state index in [9.17, 15) is 57.5 Å². The van der Waals surface area contributed by atoms with Gasteiger partial charge in [0.15, 0.2) is 39.0 Å². The number of ether oxygens (including phenoxy) is 2. The molecule has 0 saturated heterocycles. The molecule has 2 aliphatic carbocycles. The van der Waals surface area contributed by atoms with Crippen LogP contribution in [0.1, 0.15) is 88.4 Å². The smallest absolute Gasteiger partial charge is 0.256 e. The van der Waals surface area contributed by atoms with Crippen LogP contribution in [0.25, 0.3) is 21.8 Å². The highest BCUT2D eigenvalue weighted by molar-refractivity contribution is 7.89. The van der Waals surface area contributed by atoms with Crippen molar-refractivity contribution < 1.29 is 57.4 Å². The first-order valence-corrected chi connectivity index (χ1v) is 21.8. The molecule has 0 amide bonds. The summed E-state index contributed by atoms with van der Waals surface area (Å²) in [5.41, 5.74) is 0.687. The van der Waals surface area contributed by atoms with Gasteiger partial charge in [-0.2, -0.15) is 8.78 Å². The fraction of sp³-hybridized carbons (Fsp3) is 0.356. The van der Waals surface area contributed by atoms with Crippen LogP contribution in [0.3, 0.4) is 0 Å².